The second kappa shape index (κ2) is 4.77. The van der Waals surface area contributed by atoms with E-state index in [1.807, 2.05) is 0 Å². The van der Waals surface area contributed by atoms with Gasteiger partial charge in [-0.25, -0.2) is 0 Å². The monoisotopic (exact) mass is 205 g/mol. The van der Waals surface area contributed by atoms with E-state index in [0.29, 0.717) is 12.2 Å². The van der Waals surface area contributed by atoms with Crippen molar-refractivity contribution in [1.82, 2.24) is 4.90 Å². The normalized spacial score (nSPS) is 18.1. The minimum absolute atomic E-state index is 0.355. The first-order chi connectivity index (χ1) is 7.24. The summed E-state index contributed by atoms with van der Waals surface area (Å²) in [6.07, 6.45) is 0.808. The Morgan fingerprint density at radius 2 is 1.93 bits per heavy atom. The van der Waals surface area contributed by atoms with E-state index >= 15 is 0 Å². The van der Waals surface area contributed by atoms with Gasteiger partial charge in [-0.2, -0.15) is 0 Å². The first-order valence-corrected chi connectivity index (χ1v) is 5.66. The van der Waals surface area contributed by atoms with Gasteiger partial charge in [-0.1, -0.05) is 30.3 Å². The number of ether oxygens (including phenoxy) is 1. The largest absolute Gasteiger partial charge is 0.373 e. The average Bonchev–Trinajstić information content (AvgIpc) is 2.15. The van der Waals surface area contributed by atoms with Crippen molar-refractivity contribution in [3.05, 3.63) is 35.9 Å². The first kappa shape index (κ1) is 10.7. The van der Waals surface area contributed by atoms with Crippen LogP contribution in [0.5, 0.6) is 0 Å². The van der Waals surface area contributed by atoms with Crippen molar-refractivity contribution < 1.29 is 4.74 Å². The molecule has 1 aromatic rings. The van der Waals surface area contributed by atoms with Gasteiger partial charge in [0.25, 0.3) is 0 Å². The van der Waals surface area contributed by atoms with Crippen molar-refractivity contribution in [2.45, 2.75) is 32.6 Å². The lowest BCUT2D eigenvalue weighted by Gasteiger charge is -2.39. The van der Waals surface area contributed by atoms with Crippen LogP contribution in [0.2, 0.25) is 0 Å². The predicted octanol–water partition coefficient (Wildman–Crippen LogP) is 2.30. The van der Waals surface area contributed by atoms with E-state index in [2.05, 4.69) is 49.1 Å². The van der Waals surface area contributed by atoms with Crippen LogP contribution in [0.4, 0.5) is 0 Å². The van der Waals surface area contributed by atoms with Gasteiger partial charge >= 0.3 is 0 Å². The van der Waals surface area contributed by atoms with Crippen molar-refractivity contribution in [3.8, 4) is 0 Å². The number of rotatable bonds is 4. The third-order valence-corrected chi connectivity index (χ3v) is 2.64. The van der Waals surface area contributed by atoms with E-state index < -0.39 is 0 Å². The predicted molar refractivity (Wildman–Crippen MR) is 61.7 cm³/mol. The number of hydrogen-bond donors (Lipinski definition) is 0. The first-order valence-electron chi connectivity index (χ1n) is 5.66. The highest BCUT2D eigenvalue weighted by molar-refractivity contribution is 5.14. The molecule has 0 atom stereocenters. The lowest BCUT2D eigenvalue weighted by molar-refractivity contribution is -0.0833. The van der Waals surface area contributed by atoms with Crippen LogP contribution in [-0.2, 0) is 11.3 Å². The Morgan fingerprint density at radius 1 is 1.27 bits per heavy atom. The maximum Gasteiger partial charge on any atom is 0.0832 e. The Hall–Kier alpha value is -0.860. The molecule has 0 N–H and O–H groups in total. The van der Waals surface area contributed by atoms with E-state index in [0.717, 1.165) is 19.6 Å². The van der Waals surface area contributed by atoms with Crippen molar-refractivity contribution in [1.29, 1.82) is 0 Å². The van der Waals surface area contributed by atoms with Crippen LogP contribution in [0.25, 0.3) is 0 Å². The highest BCUT2D eigenvalue weighted by Gasteiger charge is 2.27. The zero-order valence-electron chi connectivity index (χ0n) is 9.52. The molecule has 2 nitrogen and oxygen atoms in total. The summed E-state index contributed by atoms with van der Waals surface area (Å²) in [5.41, 5.74) is 1.39. The molecular weight excluding hydrogens is 186 g/mol. The number of hydrogen-bond acceptors (Lipinski definition) is 2. The molecule has 2 heteroatoms. The Labute approximate surface area is 91.9 Å². The second-order valence-electron chi connectivity index (χ2n) is 4.49. The highest BCUT2D eigenvalue weighted by Crippen LogP contribution is 2.16. The van der Waals surface area contributed by atoms with Gasteiger partial charge in [0.05, 0.1) is 12.2 Å². The van der Waals surface area contributed by atoms with Gasteiger partial charge in [-0.3, -0.25) is 4.90 Å². The third kappa shape index (κ3) is 3.05. The van der Waals surface area contributed by atoms with E-state index in [1.54, 1.807) is 0 Å². The van der Waals surface area contributed by atoms with Crippen LogP contribution in [0, 0.1) is 0 Å². The summed E-state index contributed by atoms with van der Waals surface area (Å²) in [7, 11) is 0. The smallest absolute Gasteiger partial charge is 0.0832 e. The molecule has 0 aliphatic carbocycles. The van der Waals surface area contributed by atoms with E-state index in [4.69, 9.17) is 4.74 Å². The summed E-state index contributed by atoms with van der Waals surface area (Å²) in [6, 6.07) is 10.6. The summed E-state index contributed by atoms with van der Waals surface area (Å²) in [6.45, 7) is 7.40. The fraction of sp³-hybridized carbons (Fsp3) is 0.538. The average molecular weight is 205 g/mol. The molecule has 0 bridgehead atoms. The molecule has 1 saturated heterocycles. The van der Waals surface area contributed by atoms with Crippen LogP contribution in [0.1, 0.15) is 19.4 Å². The number of likely N-dealkylation sites (tertiary alicyclic amines) is 1. The standard InChI is InChI=1S/C13H19NO/c1-11(2)15-13-9-14(10-13)8-12-6-4-3-5-7-12/h3-7,11,13H,8-10H2,1-2H3. The van der Waals surface area contributed by atoms with Crippen LogP contribution in [-0.4, -0.2) is 30.2 Å². The lowest BCUT2D eigenvalue weighted by Crippen LogP contribution is -2.52. The minimum Gasteiger partial charge on any atom is -0.373 e. The molecule has 0 amide bonds. The molecule has 1 aromatic carbocycles. The SMILES string of the molecule is CC(C)OC1CN(Cc2ccccc2)C1. The van der Waals surface area contributed by atoms with E-state index in [1.165, 1.54) is 5.56 Å². The van der Waals surface area contributed by atoms with Gasteiger partial charge in [-0.15, -0.1) is 0 Å². The van der Waals surface area contributed by atoms with Crippen molar-refractivity contribution in [2.24, 2.45) is 0 Å². The fourth-order valence-electron chi connectivity index (χ4n) is 1.96. The molecule has 1 heterocycles. The lowest BCUT2D eigenvalue weighted by atomic mass is 10.1. The number of benzene rings is 1. The van der Waals surface area contributed by atoms with Gasteiger partial charge in [0.2, 0.25) is 0 Å². The zero-order chi connectivity index (χ0) is 10.7. The Bertz CT molecular complexity index is 291. The van der Waals surface area contributed by atoms with Crippen LogP contribution < -0.4 is 0 Å². The van der Waals surface area contributed by atoms with Gasteiger partial charge in [0.1, 0.15) is 0 Å². The fourth-order valence-corrected chi connectivity index (χ4v) is 1.96. The van der Waals surface area contributed by atoms with Gasteiger partial charge in [0, 0.05) is 19.6 Å². The topological polar surface area (TPSA) is 12.5 Å². The molecule has 0 unspecified atom stereocenters. The summed E-state index contributed by atoms with van der Waals surface area (Å²) < 4.78 is 5.71. The highest BCUT2D eigenvalue weighted by atomic mass is 16.5. The van der Waals surface area contributed by atoms with E-state index in [-0.39, 0.29) is 0 Å². The molecule has 0 radical (unpaired) electrons. The summed E-state index contributed by atoms with van der Waals surface area (Å²) in [4.78, 5) is 2.42. The molecule has 15 heavy (non-hydrogen) atoms. The molecule has 0 aromatic heterocycles. The third-order valence-electron chi connectivity index (χ3n) is 2.64. The summed E-state index contributed by atoms with van der Waals surface area (Å²) in [5.74, 6) is 0. The minimum atomic E-state index is 0.355. The molecule has 82 valence electrons. The molecule has 1 aliphatic heterocycles. The van der Waals surface area contributed by atoms with Crippen molar-refractivity contribution in [3.63, 3.8) is 0 Å². The maximum atomic E-state index is 5.71. The van der Waals surface area contributed by atoms with Gasteiger partial charge in [0.15, 0.2) is 0 Å². The summed E-state index contributed by atoms with van der Waals surface area (Å²) in [5, 5.41) is 0. The van der Waals surface area contributed by atoms with Crippen LogP contribution in [0.3, 0.4) is 0 Å². The Balaban J connectivity index is 1.72. The molecule has 1 aliphatic rings. The quantitative estimate of drug-likeness (QED) is 0.748. The van der Waals surface area contributed by atoms with Gasteiger partial charge in [-0.05, 0) is 19.4 Å². The molecule has 0 spiro atoms. The zero-order valence-corrected chi connectivity index (χ0v) is 9.52. The molecule has 1 fully saturated rings. The van der Waals surface area contributed by atoms with Gasteiger partial charge < -0.3 is 4.74 Å². The van der Waals surface area contributed by atoms with Crippen molar-refractivity contribution in [2.75, 3.05) is 13.1 Å². The van der Waals surface area contributed by atoms with Crippen LogP contribution in [0.15, 0.2) is 30.3 Å². The van der Waals surface area contributed by atoms with Crippen LogP contribution >= 0.6 is 0 Å². The maximum absolute atomic E-state index is 5.71. The molecular formula is C13H19NO. The Morgan fingerprint density at radius 3 is 2.53 bits per heavy atom. The molecule has 2 rings (SSSR count). The molecule has 0 saturated carbocycles. The Kier molecular flexibility index (Phi) is 3.39. The van der Waals surface area contributed by atoms with E-state index in [9.17, 15) is 0 Å². The summed E-state index contributed by atoms with van der Waals surface area (Å²) >= 11 is 0. The second-order valence-corrected chi connectivity index (χ2v) is 4.49. The van der Waals surface area contributed by atoms with Crippen molar-refractivity contribution >= 4 is 0 Å². The number of nitrogens with zero attached hydrogens (tertiary/aromatic N) is 1.